The van der Waals surface area contributed by atoms with Gasteiger partial charge in [-0.2, -0.15) is 0 Å². The molecule has 0 bridgehead atoms. The van der Waals surface area contributed by atoms with Gasteiger partial charge in [0.25, 0.3) is 0 Å². The maximum Gasteiger partial charge on any atom is 0.146 e. The molecule has 3 nitrogen and oxygen atoms in total. The number of hydrogen-bond donors (Lipinski definition) is 0. The Morgan fingerprint density at radius 1 is 1.00 bits per heavy atom. The number of hydrogen-bond acceptors (Lipinski definition) is 6. The number of thiophene rings is 3. The van der Waals surface area contributed by atoms with Gasteiger partial charge in [0.1, 0.15) is 17.0 Å². The summed E-state index contributed by atoms with van der Waals surface area (Å²) >= 11 is 5.13. The number of nitrogens with zero attached hydrogens (tertiary/aromatic N) is 3. The van der Waals surface area contributed by atoms with Crippen LogP contribution >= 0.6 is 34.0 Å². The van der Waals surface area contributed by atoms with Crippen molar-refractivity contribution in [3.63, 3.8) is 0 Å². The van der Waals surface area contributed by atoms with Gasteiger partial charge in [0, 0.05) is 22.9 Å². The van der Waals surface area contributed by atoms with Crippen LogP contribution in [0.1, 0.15) is 0 Å². The van der Waals surface area contributed by atoms with Gasteiger partial charge in [-0.1, -0.05) is 6.07 Å². The maximum atomic E-state index is 4.54. The van der Waals surface area contributed by atoms with Gasteiger partial charge in [-0.3, -0.25) is 0 Å². The summed E-state index contributed by atoms with van der Waals surface area (Å²) in [6.45, 7) is 0. The first kappa shape index (κ1) is 12.9. The monoisotopic (exact) mass is 329 g/mol. The van der Waals surface area contributed by atoms with Crippen LogP contribution in [0.4, 0.5) is 10.8 Å². The summed E-state index contributed by atoms with van der Waals surface area (Å²) in [5.74, 6) is 0.965. The van der Waals surface area contributed by atoms with E-state index in [1.807, 2.05) is 0 Å². The fourth-order valence-electron chi connectivity index (χ4n) is 2.29. The van der Waals surface area contributed by atoms with Crippen molar-refractivity contribution in [1.29, 1.82) is 0 Å². The number of fused-ring (bicyclic) bond motifs is 1. The third-order valence-corrected chi connectivity index (χ3v) is 6.03. The molecule has 0 aliphatic rings. The molecule has 0 aliphatic carbocycles. The zero-order valence-electron chi connectivity index (χ0n) is 11.2. The first-order chi connectivity index (χ1) is 10.3. The summed E-state index contributed by atoms with van der Waals surface area (Å²) in [6, 6.07) is 8.39. The summed E-state index contributed by atoms with van der Waals surface area (Å²) in [5, 5.41) is 8.68. The predicted molar refractivity (Wildman–Crippen MR) is 93.1 cm³/mol. The minimum atomic E-state index is 0.965. The fourth-order valence-corrected chi connectivity index (χ4v) is 4.72. The lowest BCUT2D eigenvalue weighted by molar-refractivity contribution is 1.13. The minimum absolute atomic E-state index is 0.965. The molecule has 21 heavy (non-hydrogen) atoms. The molecule has 6 heteroatoms. The molecular formula is C15H11N3S3. The number of anilines is 2. The van der Waals surface area contributed by atoms with Crippen LogP contribution in [0.25, 0.3) is 20.7 Å². The van der Waals surface area contributed by atoms with E-state index in [9.17, 15) is 0 Å². The molecular weight excluding hydrogens is 318 g/mol. The first-order valence-corrected chi connectivity index (χ1v) is 9.02. The van der Waals surface area contributed by atoms with E-state index in [0.717, 1.165) is 16.0 Å². The molecule has 0 radical (unpaired) electrons. The van der Waals surface area contributed by atoms with Crippen LogP contribution in [0.3, 0.4) is 0 Å². The average molecular weight is 329 g/mol. The molecule has 0 saturated heterocycles. The zero-order chi connectivity index (χ0) is 14.2. The summed E-state index contributed by atoms with van der Waals surface area (Å²) < 4.78 is 0. The van der Waals surface area contributed by atoms with Crippen LogP contribution in [0.5, 0.6) is 0 Å². The normalized spacial score (nSPS) is 11.1. The van der Waals surface area contributed by atoms with E-state index in [4.69, 9.17) is 0 Å². The van der Waals surface area contributed by atoms with Gasteiger partial charge < -0.3 is 4.90 Å². The Morgan fingerprint density at radius 2 is 1.86 bits per heavy atom. The highest BCUT2D eigenvalue weighted by Crippen LogP contribution is 2.41. The van der Waals surface area contributed by atoms with Crippen LogP contribution in [-0.4, -0.2) is 17.0 Å². The largest absolute Gasteiger partial charge is 0.320 e. The third-order valence-electron chi connectivity index (χ3n) is 3.29. The molecule has 4 aromatic heterocycles. The summed E-state index contributed by atoms with van der Waals surface area (Å²) in [7, 11) is 2.06. The van der Waals surface area contributed by atoms with Gasteiger partial charge in [-0.15, -0.1) is 34.0 Å². The summed E-state index contributed by atoms with van der Waals surface area (Å²) in [6.07, 6.45) is 1.65. The lowest BCUT2D eigenvalue weighted by Gasteiger charge is -2.17. The predicted octanol–water partition coefficient (Wildman–Crippen LogP) is 5.25. The van der Waals surface area contributed by atoms with Crippen molar-refractivity contribution in [2.75, 3.05) is 11.9 Å². The third kappa shape index (κ3) is 2.16. The van der Waals surface area contributed by atoms with Gasteiger partial charge in [-0.25, -0.2) is 9.97 Å². The number of rotatable bonds is 3. The molecule has 0 fully saturated rings. The molecule has 0 unspecified atom stereocenters. The quantitative estimate of drug-likeness (QED) is 0.514. The molecule has 4 aromatic rings. The zero-order valence-corrected chi connectivity index (χ0v) is 13.6. The van der Waals surface area contributed by atoms with Crippen LogP contribution in [0.2, 0.25) is 0 Å². The molecule has 0 amide bonds. The van der Waals surface area contributed by atoms with Gasteiger partial charge in [-0.05, 0) is 29.0 Å². The molecule has 0 aliphatic heterocycles. The molecule has 4 rings (SSSR count). The molecule has 104 valence electrons. The van der Waals surface area contributed by atoms with Crippen molar-refractivity contribution in [2.45, 2.75) is 0 Å². The second-order valence-corrected chi connectivity index (χ2v) is 7.25. The van der Waals surface area contributed by atoms with Crippen LogP contribution in [-0.2, 0) is 0 Å². The van der Waals surface area contributed by atoms with Crippen LogP contribution in [0, 0.1) is 0 Å². The van der Waals surface area contributed by atoms with E-state index in [1.54, 1.807) is 40.3 Å². The number of aromatic nitrogens is 2. The Labute approximate surface area is 134 Å². The van der Waals surface area contributed by atoms with E-state index in [2.05, 4.69) is 62.3 Å². The Bertz CT molecular complexity index is 863. The lowest BCUT2D eigenvalue weighted by atomic mass is 10.2. The Kier molecular flexibility index (Phi) is 3.21. The highest BCUT2D eigenvalue weighted by Gasteiger charge is 2.17. The van der Waals surface area contributed by atoms with Crippen LogP contribution < -0.4 is 4.90 Å². The van der Waals surface area contributed by atoms with E-state index >= 15 is 0 Å². The smallest absolute Gasteiger partial charge is 0.146 e. The van der Waals surface area contributed by atoms with Crippen molar-refractivity contribution in [3.8, 4) is 10.4 Å². The molecule has 0 spiro atoms. The van der Waals surface area contributed by atoms with Crippen molar-refractivity contribution in [2.24, 2.45) is 0 Å². The van der Waals surface area contributed by atoms with Crippen molar-refractivity contribution < 1.29 is 0 Å². The molecule has 0 saturated carbocycles. The molecule has 0 N–H and O–H groups in total. The SMILES string of the molecule is CN(c1cccs1)c1ncnc2scc(-c3cccs3)c12. The Balaban J connectivity index is 1.95. The van der Waals surface area contributed by atoms with Gasteiger partial charge in [0.2, 0.25) is 0 Å². The van der Waals surface area contributed by atoms with Crippen LogP contribution in [0.15, 0.2) is 46.7 Å². The second kappa shape index (κ2) is 5.22. The van der Waals surface area contributed by atoms with E-state index in [1.165, 1.54) is 15.4 Å². The van der Waals surface area contributed by atoms with Gasteiger partial charge >= 0.3 is 0 Å². The Hall–Kier alpha value is -1.76. The van der Waals surface area contributed by atoms with E-state index in [-0.39, 0.29) is 0 Å². The first-order valence-electron chi connectivity index (χ1n) is 6.38. The second-order valence-electron chi connectivity index (χ2n) is 4.51. The lowest BCUT2D eigenvalue weighted by Crippen LogP contribution is -2.10. The fraction of sp³-hybridized carbons (Fsp3) is 0.0667. The van der Waals surface area contributed by atoms with Crippen molar-refractivity contribution in [1.82, 2.24) is 9.97 Å². The summed E-state index contributed by atoms with van der Waals surface area (Å²) in [5.41, 5.74) is 1.23. The van der Waals surface area contributed by atoms with Crippen molar-refractivity contribution in [3.05, 3.63) is 46.7 Å². The standard InChI is InChI=1S/C15H11N3S3/c1-18(12-5-3-7-20-12)14-13-10(11-4-2-6-19-11)8-21-15(13)17-9-16-14/h2-9H,1H3. The highest BCUT2D eigenvalue weighted by molar-refractivity contribution is 7.18. The van der Waals surface area contributed by atoms with Crippen molar-refractivity contribution >= 4 is 55.0 Å². The molecule has 4 heterocycles. The Morgan fingerprint density at radius 3 is 2.62 bits per heavy atom. The molecule has 0 atom stereocenters. The molecule has 0 aromatic carbocycles. The average Bonchev–Trinajstić information content (AvgIpc) is 3.24. The van der Waals surface area contributed by atoms with E-state index < -0.39 is 0 Å². The maximum absolute atomic E-state index is 4.54. The van der Waals surface area contributed by atoms with Gasteiger partial charge in [0.05, 0.1) is 10.4 Å². The summed E-state index contributed by atoms with van der Waals surface area (Å²) in [4.78, 5) is 13.4. The topological polar surface area (TPSA) is 29.0 Å². The van der Waals surface area contributed by atoms with E-state index in [0.29, 0.717) is 0 Å². The highest BCUT2D eigenvalue weighted by atomic mass is 32.1. The minimum Gasteiger partial charge on any atom is -0.320 e. The van der Waals surface area contributed by atoms with Gasteiger partial charge in [0.15, 0.2) is 0 Å².